The molecule has 1 atom stereocenters. The Morgan fingerprint density at radius 1 is 1.36 bits per heavy atom. The number of halogens is 1. The predicted molar refractivity (Wildman–Crippen MR) is 61.3 cm³/mol. The average Bonchev–Trinajstić information content (AvgIpc) is 2.63. The van der Waals surface area contributed by atoms with Gasteiger partial charge in [-0.1, -0.05) is 30.3 Å². The third-order valence-corrected chi connectivity index (χ3v) is 3.28. The Labute approximate surface area is 89.8 Å². The van der Waals surface area contributed by atoms with Crippen molar-refractivity contribution in [2.75, 3.05) is 5.88 Å². The van der Waals surface area contributed by atoms with Gasteiger partial charge in [0.1, 0.15) is 0 Å². The summed E-state index contributed by atoms with van der Waals surface area (Å²) in [7, 11) is 0. The van der Waals surface area contributed by atoms with Crippen LogP contribution in [0.2, 0.25) is 0 Å². The van der Waals surface area contributed by atoms with Crippen molar-refractivity contribution in [1.29, 1.82) is 0 Å². The molecule has 0 spiro atoms. The molecule has 1 aliphatic rings. The molecule has 1 aromatic rings. The van der Waals surface area contributed by atoms with E-state index in [9.17, 15) is 0 Å². The van der Waals surface area contributed by atoms with Crippen molar-refractivity contribution in [3.8, 4) is 0 Å². The van der Waals surface area contributed by atoms with Gasteiger partial charge in [0.25, 0.3) is 0 Å². The van der Waals surface area contributed by atoms with E-state index in [2.05, 4.69) is 19.1 Å². The number of aliphatic imine (C=N–C) groups is 1. The number of nitrogens with zero attached hydrogens (tertiary/aromatic N) is 1. The zero-order valence-electron chi connectivity index (χ0n) is 8.33. The second-order valence-electron chi connectivity index (χ2n) is 4.06. The summed E-state index contributed by atoms with van der Waals surface area (Å²) in [6.07, 6.45) is 2.12. The summed E-state index contributed by atoms with van der Waals surface area (Å²) in [6.45, 7) is 2.12. The van der Waals surface area contributed by atoms with Crippen LogP contribution in [0.1, 0.15) is 25.3 Å². The Kier molecular flexibility index (Phi) is 2.60. The summed E-state index contributed by atoms with van der Waals surface area (Å²) in [5.41, 5.74) is 2.40. The maximum atomic E-state index is 5.89. The van der Waals surface area contributed by atoms with Gasteiger partial charge < -0.3 is 0 Å². The first kappa shape index (κ1) is 9.72. The molecular weight excluding hydrogens is 194 g/mol. The van der Waals surface area contributed by atoms with Crippen molar-refractivity contribution in [2.45, 2.75) is 25.3 Å². The molecule has 2 heteroatoms. The Bertz CT molecular complexity index is 345. The second-order valence-corrected chi connectivity index (χ2v) is 4.32. The van der Waals surface area contributed by atoms with Gasteiger partial charge in [-0.25, -0.2) is 0 Å². The quantitative estimate of drug-likeness (QED) is 0.661. The number of alkyl halides is 1. The second kappa shape index (κ2) is 3.74. The molecular formula is C12H14ClN. The smallest absolute Gasteiger partial charge is 0.0722 e. The van der Waals surface area contributed by atoms with E-state index in [0.717, 1.165) is 12.8 Å². The van der Waals surface area contributed by atoms with Gasteiger partial charge in [0.15, 0.2) is 0 Å². The lowest BCUT2D eigenvalue weighted by Gasteiger charge is -2.15. The Morgan fingerprint density at radius 3 is 2.64 bits per heavy atom. The van der Waals surface area contributed by atoms with Crippen molar-refractivity contribution in [2.24, 2.45) is 4.99 Å². The summed E-state index contributed by atoms with van der Waals surface area (Å²) < 4.78 is 0. The normalized spacial score (nSPS) is 26.3. The highest BCUT2D eigenvalue weighted by molar-refractivity contribution is 6.19. The zero-order chi connectivity index (χ0) is 10.0. The lowest BCUT2D eigenvalue weighted by Crippen LogP contribution is -2.19. The first-order valence-corrected chi connectivity index (χ1v) is 5.47. The summed E-state index contributed by atoms with van der Waals surface area (Å²) in [4.78, 5) is 4.69. The molecule has 0 saturated carbocycles. The minimum Gasteiger partial charge on any atom is -0.282 e. The Hall–Kier alpha value is -0.820. The van der Waals surface area contributed by atoms with Crippen LogP contribution in [0.15, 0.2) is 35.3 Å². The minimum absolute atomic E-state index is 0.0350. The first-order valence-electron chi connectivity index (χ1n) is 4.94. The van der Waals surface area contributed by atoms with E-state index in [4.69, 9.17) is 16.6 Å². The van der Waals surface area contributed by atoms with Crippen LogP contribution in [-0.4, -0.2) is 17.1 Å². The van der Waals surface area contributed by atoms with Crippen LogP contribution in [0.25, 0.3) is 0 Å². The third-order valence-electron chi connectivity index (χ3n) is 2.70. The molecule has 0 aromatic heterocycles. The number of benzene rings is 1. The van der Waals surface area contributed by atoms with E-state index < -0.39 is 0 Å². The average molecular weight is 208 g/mol. The molecule has 1 unspecified atom stereocenters. The molecule has 0 saturated heterocycles. The van der Waals surface area contributed by atoms with E-state index in [1.807, 2.05) is 18.2 Å². The highest BCUT2D eigenvalue weighted by Gasteiger charge is 2.29. The maximum absolute atomic E-state index is 5.89. The largest absolute Gasteiger partial charge is 0.282 e. The van der Waals surface area contributed by atoms with E-state index in [1.165, 1.54) is 11.3 Å². The van der Waals surface area contributed by atoms with E-state index in [1.54, 1.807) is 0 Å². The van der Waals surface area contributed by atoms with Gasteiger partial charge in [0, 0.05) is 11.6 Å². The highest BCUT2D eigenvalue weighted by atomic mass is 35.5. The third kappa shape index (κ3) is 1.83. The number of rotatable bonds is 2. The van der Waals surface area contributed by atoms with Crippen molar-refractivity contribution in [1.82, 2.24) is 0 Å². The summed E-state index contributed by atoms with van der Waals surface area (Å²) in [6, 6.07) is 10.3. The standard InChI is InChI=1S/C12H14ClN/c1-12(9-13)8-7-11(14-12)10-5-3-2-4-6-10/h2-6H,7-9H2,1H3. The van der Waals surface area contributed by atoms with Gasteiger partial charge in [0.2, 0.25) is 0 Å². The van der Waals surface area contributed by atoms with Crippen LogP contribution in [-0.2, 0) is 0 Å². The molecule has 74 valence electrons. The van der Waals surface area contributed by atoms with Crippen LogP contribution in [0.4, 0.5) is 0 Å². The fraction of sp³-hybridized carbons (Fsp3) is 0.417. The van der Waals surface area contributed by atoms with E-state index in [0.29, 0.717) is 5.88 Å². The van der Waals surface area contributed by atoms with Crippen molar-refractivity contribution in [3.63, 3.8) is 0 Å². The molecule has 0 radical (unpaired) electrons. The summed E-state index contributed by atoms with van der Waals surface area (Å²) in [5.74, 6) is 0.614. The van der Waals surface area contributed by atoms with Crippen LogP contribution < -0.4 is 0 Å². The molecule has 0 amide bonds. The van der Waals surface area contributed by atoms with Crippen LogP contribution >= 0.6 is 11.6 Å². The topological polar surface area (TPSA) is 12.4 Å². The van der Waals surface area contributed by atoms with E-state index in [-0.39, 0.29) is 5.54 Å². The lowest BCUT2D eigenvalue weighted by atomic mass is 10.0. The van der Waals surface area contributed by atoms with Crippen molar-refractivity contribution in [3.05, 3.63) is 35.9 Å². The fourth-order valence-corrected chi connectivity index (χ4v) is 1.95. The Balaban J connectivity index is 2.27. The van der Waals surface area contributed by atoms with Gasteiger partial charge in [-0.05, 0) is 25.3 Å². The molecule has 2 rings (SSSR count). The Morgan fingerprint density at radius 2 is 2.07 bits per heavy atom. The molecule has 0 fully saturated rings. The van der Waals surface area contributed by atoms with Gasteiger partial charge in [0.05, 0.1) is 5.54 Å². The van der Waals surface area contributed by atoms with Gasteiger partial charge in [-0.15, -0.1) is 11.6 Å². The number of hydrogen-bond donors (Lipinski definition) is 0. The van der Waals surface area contributed by atoms with Crippen molar-refractivity contribution < 1.29 is 0 Å². The van der Waals surface area contributed by atoms with Gasteiger partial charge >= 0.3 is 0 Å². The lowest BCUT2D eigenvalue weighted by molar-refractivity contribution is 0.529. The molecule has 1 nitrogen and oxygen atoms in total. The molecule has 0 bridgehead atoms. The molecule has 14 heavy (non-hydrogen) atoms. The van der Waals surface area contributed by atoms with Crippen LogP contribution in [0.5, 0.6) is 0 Å². The predicted octanol–water partition coefficient (Wildman–Crippen LogP) is 3.27. The molecule has 1 aromatic carbocycles. The molecule has 0 aliphatic carbocycles. The first-order chi connectivity index (χ1) is 6.73. The highest BCUT2D eigenvalue weighted by Crippen LogP contribution is 2.28. The van der Waals surface area contributed by atoms with Crippen LogP contribution in [0, 0.1) is 0 Å². The SMILES string of the molecule is CC1(CCl)CCC(c2ccccc2)=N1. The monoisotopic (exact) mass is 207 g/mol. The van der Waals surface area contributed by atoms with Gasteiger partial charge in [-0.2, -0.15) is 0 Å². The maximum Gasteiger partial charge on any atom is 0.0722 e. The van der Waals surface area contributed by atoms with Crippen LogP contribution in [0.3, 0.4) is 0 Å². The molecule has 0 N–H and O–H groups in total. The summed E-state index contributed by atoms with van der Waals surface area (Å²) in [5, 5.41) is 0. The molecule has 1 aliphatic heterocycles. The zero-order valence-corrected chi connectivity index (χ0v) is 9.09. The van der Waals surface area contributed by atoms with E-state index >= 15 is 0 Å². The minimum atomic E-state index is -0.0350. The van der Waals surface area contributed by atoms with Crippen molar-refractivity contribution >= 4 is 17.3 Å². The molecule has 1 heterocycles. The van der Waals surface area contributed by atoms with Gasteiger partial charge in [-0.3, -0.25) is 4.99 Å². The fourth-order valence-electron chi connectivity index (χ4n) is 1.76. The summed E-state index contributed by atoms with van der Waals surface area (Å²) >= 11 is 5.89. The number of hydrogen-bond acceptors (Lipinski definition) is 1.